The first-order chi connectivity index (χ1) is 14.8. The van der Waals surface area contributed by atoms with Gasteiger partial charge in [0.1, 0.15) is 0 Å². The molecule has 9 heteroatoms. The van der Waals surface area contributed by atoms with E-state index in [4.69, 9.17) is 4.98 Å². The number of pyridine rings is 2. The van der Waals surface area contributed by atoms with Gasteiger partial charge >= 0.3 is 6.18 Å². The van der Waals surface area contributed by atoms with E-state index in [2.05, 4.69) is 9.97 Å². The summed E-state index contributed by atoms with van der Waals surface area (Å²) in [5, 5.41) is 9.79. The van der Waals surface area contributed by atoms with Crippen molar-refractivity contribution < 1.29 is 18.3 Å². The number of hydrogen-bond acceptors (Lipinski definition) is 5. The fourth-order valence-corrected chi connectivity index (χ4v) is 4.08. The van der Waals surface area contributed by atoms with Crippen LogP contribution in [0.5, 0.6) is 0 Å². The molecule has 1 fully saturated rings. The van der Waals surface area contributed by atoms with E-state index in [0.29, 0.717) is 22.3 Å². The van der Waals surface area contributed by atoms with Gasteiger partial charge in [-0.3, -0.25) is 14.3 Å². The second-order valence-corrected chi connectivity index (χ2v) is 8.04. The summed E-state index contributed by atoms with van der Waals surface area (Å²) in [5.41, 5.74) is 0.639. The fraction of sp³-hybridized carbons (Fsp3) is 0.455. The highest BCUT2D eigenvalue weighted by molar-refractivity contribution is 5.83. The van der Waals surface area contributed by atoms with Crippen LogP contribution in [-0.4, -0.2) is 31.2 Å². The van der Waals surface area contributed by atoms with Gasteiger partial charge in [0.15, 0.2) is 0 Å². The Morgan fingerprint density at radius 1 is 1.16 bits per heavy atom. The first-order valence-electron chi connectivity index (χ1n) is 10.4. The number of aliphatic hydroxyl groups excluding tert-OH is 1. The summed E-state index contributed by atoms with van der Waals surface area (Å²) in [6.07, 6.45) is 2.81. The predicted molar refractivity (Wildman–Crippen MR) is 110 cm³/mol. The maximum atomic E-state index is 13.1. The molecule has 31 heavy (non-hydrogen) atoms. The average molecular weight is 432 g/mol. The second-order valence-electron chi connectivity index (χ2n) is 8.04. The monoisotopic (exact) mass is 432 g/mol. The van der Waals surface area contributed by atoms with Crippen LogP contribution in [0.25, 0.3) is 22.3 Å². The molecule has 3 aromatic rings. The lowest BCUT2D eigenvalue weighted by molar-refractivity contribution is -0.137. The molecule has 1 aliphatic rings. The standard InChI is InChI=1S/C22H23F3N4O2/c1-13(11-30)29-12-27-20-16(21(29)31)9-18(28-19(20)14-5-3-2-4-6-14)17-8-7-15(10-26-17)22(23,24)25/h7-10,12-14,30H,2-6,11H2,1H3. The van der Waals surface area contributed by atoms with Gasteiger partial charge in [0, 0.05) is 12.1 Å². The molecular formula is C22H23F3N4O2. The molecular weight excluding hydrogens is 409 g/mol. The number of fused-ring (bicyclic) bond motifs is 1. The van der Waals surface area contributed by atoms with Crippen LogP contribution in [0.3, 0.4) is 0 Å². The molecule has 0 spiro atoms. The SMILES string of the molecule is CC(CO)n1cnc2c(C3CCCCC3)nc(-c3ccc(C(F)(F)F)cn3)cc2c1=O. The van der Waals surface area contributed by atoms with E-state index in [1.165, 1.54) is 23.0 Å². The highest BCUT2D eigenvalue weighted by atomic mass is 19.4. The smallest absolute Gasteiger partial charge is 0.394 e. The van der Waals surface area contributed by atoms with Crippen molar-refractivity contribution in [2.75, 3.05) is 6.61 Å². The molecule has 1 N–H and O–H groups in total. The predicted octanol–water partition coefficient (Wildman–Crippen LogP) is 4.47. The summed E-state index contributed by atoms with van der Waals surface area (Å²) in [6, 6.07) is 3.31. The largest absolute Gasteiger partial charge is 0.417 e. The molecule has 1 unspecified atom stereocenters. The van der Waals surface area contributed by atoms with Crippen molar-refractivity contribution in [3.8, 4) is 11.4 Å². The molecule has 3 aromatic heterocycles. The minimum Gasteiger partial charge on any atom is -0.394 e. The molecule has 1 saturated carbocycles. The quantitative estimate of drug-likeness (QED) is 0.658. The van der Waals surface area contributed by atoms with E-state index in [1.54, 1.807) is 6.92 Å². The molecule has 0 saturated heterocycles. The Morgan fingerprint density at radius 3 is 2.52 bits per heavy atom. The van der Waals surface area contributed by atoms with Gasteiger partial charge in [0.05, 0.1) is 52.5 Å². The zero-order valence-electron chi connectivity index (χ0n) is 17.1. The Morgan fingerprint density at radius 2 is 1.90 bits per heavy atom. The zero-order valence-corrected chi connectivity index (χ0v) is 17.1. The number of aliphatic hydroxyl groups is 1. The number of rotatable bonds is 4. The summed E-state index contributed by atoms with van der Waals surface area (Å²) < 4.78 is 40.1. The van der Waals surface area contributed by atoms with Crippen LogP contribution in [0, 0.1) is 0 Å². The summed E-state index contributed by atoms with van der Waals surface area (Å²) in [4.78, 5) is 26.3. The molecule has 0 radical (unpaired) electrons. The van der Waals surface area contributed by atoms with Gasteiger partial charge in [-0.1, -0.05) is 19.3 Å². The lowest BCUT2D eigenvalue weighted by Crippen LogP contribution is -2.26. The van der Waals surface area contributed by atoms with E-state index in [1.807, 2.05) is 0 Å². The van der Waals surface area contributed by atoms with Gasteiger partial charge in [-0.25, -0.2) is 9.97 Å². The van der Waals surface area contributed by atoms with Gasteiger partial charge in [-0.15, -0.1) is 0 Å². The first-order valence-corrected chi connectivity index (χ1v) is 10.4. The van der Waals surface area contributed by atoms with Crippen LogP contribution in [0.4, 0.5) is 13.2 Å². The zero-order chi connectivity index (χ0) is 22.2. The van der Waals surface area contributed by atoms with Crippen molar-refractivity contribution in [3.63, 3.8) is 0 Å². The summed E-state index contributed by atoms with van der Waals surface area (Å²) >= 11 is 0. The van der Waals surface area contributed by atoms with Crippen molar-refractivity contribution in [1.29, 1.82) is 0 Å². The van der Waals surface area contributed by atoms with E-state index < -0.39 is 17.8 Å². The van der Waals surface area contributed by atoms with E-state index in [9.17, 15) is 23.1 Å². The van der Waals surface area contributed by atoms with Gasteiger partial charge in [-0.05, 0) is 38.0 Å². The molecule has 1 atom stereocenters. The van der Waals surface area contributed by atoms with E-state index >= 15 is 0 Å². The summed E-state index contributed by atoms with van der Waals surface area (Å²) in [6.45, 7) is 1.48. The van der Waals surface area contributed by atoms with E-state index in [-0.39, 0.29) is 23.8 Å². The number of aromatic nitrogens is 4. The second kappa shape index (κ2) is 8.37. The molecule has 0 aromatic carbocycles. The highest BCUT2D eigenvalue weighted by Gasteiger charge is 2.31. The Balaban J connectivity index is 1.90. The Labute approximate surface area is 176 Å². The number of nitrogens with zero attached hydrogens (tertiary/aromatic N) is 4. The average Bonchev–Trinajstić information content (AvgIpc) is 2.78. The molecule has 0 bridgehead atoms. The van der Waals surface area contributed by atoms with Crippen molar-refractivity contribution in [3.05, 3.63) is 52.3 Å². The van der Waals surface area contributed by atoms with Crippen LogP contribution in [0.2, 0.25) is 0 Å². The minimum absolute atomic E-state index is 0.128. The number of halogens is 3. The Hall–Kier alpha value is -2.81. The molecule has 3 heterocycles. The lowest BCUT2D eigenvalue weighted by Gasteiger charge is -2.23. The van der Waals surface area contributed by atoms with Crippen LogP contribution in [0.1, 0.15) is 62.2 Å². The number of alkyl halides is 3. The number of hydrogen-bond donors (Lipinski definition) is 1. The maximum absolute atomic E-state index is 13.1. The minimum atomic E-state index is -4.48. The van der Waals surface area contributed by atoms with Crippen LogP contribution >= 0.6 is 0 Å². The van der Waals surface area contributed by atoms with Gasteiger partial charge < -0.3 is 5.11 Å². The van der Waals surface area contributed by atoms with Crippen molar-refractivity contribution >= 4 is 10.9 Å². The molecule has 1 aliphatic carbocycles. The third kappa shape index (κ3) is 4.19. The topological polar surface area (TPSA) is 80.9 Å². The molecule has 164 valence electrons. The Kier molecular flexibility index (Phi) is 5.79. The van der Waals surface area contributed by atoms with Crippen molar-refractivity contribution in [2.24, 2.45) is 0 Å². The van der Waals surface area contributed by atoms with Crippen LogP contribution < -0.4 is 5.56 Å². The fourth-order valence-electron chi connectivity index (χ4n) is 4.08. The maximum Gasteiger partial charge on any atom is 0.417 e. The van der Waals surface area contributed by atoms with Crippen molar-refractivity contribution in [2.45, 2.75) is 57.2 Å². The van der Waals surface area contributed by atoms with Crippen molar-refractivity contribution in [1.82, 2.24) is 19.5 Å². The molecule has 6 nitrogen and oxygen atoms in total. The van der Waals surface area contributed by atoms with E-state index in [0.717, 1.165) is 44.4 Å². The lowest BCUT2D eigenvalue weighted by atomic mass is 9.86. The Bertz CT molecular complexity index is 1140. The normalized spacial score (nSPS) is 16.5. The van der Waals surface area contributed by atoms with Crippen LogP contribution in [0.15, 0.2) is 35.5 Å². The molecule has 0 aliphatic heterocycles. The van der Waals surface area contributed by atoms with Crippen LogP contribution in [-0.2, 0) is 6.18 Å². The molecule has 0 amide bonds. The molecule has 4 rings (SSSR count). The van der Waals surface area contributed by atoms with Gasteiger partial charge in [0.2, 0.25) is 0 Å². The third-order valence-corrected chi connectivity index (χ3v) is 5.88. The third-order valence-electron chi connectivity index (χ3n) is 5.88. The van der Waals surface area contributed by atoms with Gasteiger partial charge in [0.25, 0.3) is 5.56 Å². The first kappa shape index (κ1) is 21.4. The summed E-state index contributed by atoms with van der Waals surface area (Å²) in [7, 11) is 0. The van der Waals surface area contributed by atoms with Gasteiger partial charge in [-0.2, -0.15) is 13.2 Å². The summed E-state index contributed by atoms with van der Waals surface area (Å²) in [5.74, 6) is 0.128. The highest BCUT2D eigenvalue weighted by Crippen LogP contribution is 2.36.